The predicted molar refractivity (Wildman–Crippen MR) is 89.0 cm³/mol. The average molecular weight is 282 g/mol. The second-order valence-electron chi connectivity index (χ2n) is 6.90. The Balaban J connectivity index is 2.16. The zero-order valence-corrected chi connectivity index (χ0v) is 13.5. The lowest BCUT2D eigenvalue weighted by molar-refractivity contribution is 0.297. The van der Waals surface area contributed by atoms with Gasteiger partial charge >= 0.3 is 0 Å². The molecular weight excluding hydrogens is 256 g/mol. The Kier molecular flexibility index (Phi) is 5.13. The van der Waals surface area contributed by atoms with Crippen molar-refractivity contribution in [3.8, 4) is 0 Å². The van der Waals surface area contributed by atoms with Gasteiger partial charge in [-0.25, -0.2) is 0 Å². The molecule has 2 unspecified atom stereocenters. The summed E-state index contributed by atoms with van der Waals surface area (Å²) in [7, 11) is 0. The first-order valence-electron chi connectivity index (χ1n) is 7.66. The van der Waals surface area contributed by atoms with Crippen LogP contribution in [0.2, 0.25) is 0 Å². The van der Waals surface area contributed by atoms with E-state index >= 15 is 0 Å². The number of hydrogen-bond donors (Lipinski definition) is 1. The lowest BCUT2D eigenvalue weighted by Gasteiger charge is -2.30. The first-order valence-corrected chi connectivity index (χ1v) is 7.66. The van der Waals surface area contributed by atoms with Gasteiger partial charge in [0.25, 0.3) is 0 Å². The standard InChI is InChI=1S/C19H26N2/c1-15(17-11-8-12-20-14-17)21-18(13-19(2,3)4)16-9-6-5-7-10-16/h5-12,14-15,18,21H,13H2,1-4H3. The maximum atomic E-state index is 4.22. The second kappa shape index (κ2) is 6.86. The van der Waals surface area contributed by atoms with E-state index in [2.05, 4.69) is 74.4 Å². The Morgan fingerprint density at radius 3 is 2.24 bits per heavy atom. The van der Waals surface area contributed by atoms with Gasteiger partial charge in [0.05, 0.1) is 0 Å². The maximum Gasteiger partial charge on any atom is 0.0330 e. The summed E-state index contributed by atoms with van der Waals surface area (Å²) in [5, 5.41) is 3.77. The third-order valence-electron chi connectivity index (χ3n) is 3.65. The Bertz CT molecular complexity index is 528. The lowest BCUT2D eigenvalue weighted by atomic mass is 9.85. The van der Waals surface area contributed by atoms with E-state index in [0.717, 1.165) is 6.42 Å². The van der Waals surface area contributed by atoms with E-state index in [4.69, 9.17) is 0 Å². The monoisotopic (exact) mass is 282 g/mol. The van der Waals surface area contributed by atoms with Gasteiger partial charge in [0.15, 0.2) is 0 Å². The number of nitrogens with zero attached hydrogens (tertiary/aromatic N) is 1. The second-order valence-corrected chi connectivity index (χ2v) is 6.90. The van der Waals surface area contributed by atoms with Gasteiger partial charge in [-0.1, -0.05) is 57.2 Å². The van der Waals surface area contributed by atoms with E-state index in [1.165, 1.54) is 11.1 Å². The van der Waals surface area contributed by atoms with E-state index in [-0.39, 0.29) is 11.5 Å². The van der Waals surface area contributed by atoms with Crippen LogP contribution in [0.15, 0.2) is 54.9 Å². The summed E-state index contributed by atoms with van der Waals surface area (Å²) in [5.41, 5.74) is 2.86. The van der Waals surface area contributed by atoms with Gasteiger partial charge in [0.2, 0.25) is 0 Å². The van der Waals surface area contributed by atoms with Gasteiger partial charge in [0, 0.05) is 24.5 Å². The first kappa shape index (κ1) is 15.7. The normalized spacial score (nSPS) is 14.7. The molecule has 1 aromatic heterocycles. The molecule has 2 nitrogen and oxygen atoms in total. The average Bonchev–Trinajstić information content (AvgIpc) is 2.47. The van der Waals surface area contributed by atoms with Crippen LogP contribution in [0.4, 0.5) is 0 Å². The molecule has 1 aromatic carbocycles. The van der Waals surface area contributed by atoms with E-state index in [0.29, 0.717) is 6.04 Å². The molecule has 0 aliphatic heterocycles. The first-order chi connectivity index (χ1) is 9.96. The smallest absolute Gasteiger partial charge is 0.0330 e. The molecule has 0 bridgehead atoms. The van der Waals surface area contributed by atoms with Gasteiger partial charge in [-0.15, -0.1) is 0 Å². The molecule has 0 aliphatic carbocycles. The van der Waals surface area contributed by atoms with Crippen molar-refractivity contribution in [2.24, 2.45) is 5.41 Å². The number of pyridine rings is 1. The molecule has 0 saturated carbocycles. The van der Waals surface area contributed by atoms with Crippen LogP contribution in [0.3, 0.4) is 0 Å². The van der Waals surface area contributed by atoms with Crippen LogP contribution in [-0.4, -0.2) is 4.98 Å². The highest BCUT2D eigenvalue weighted by molar-refractivity contribution is 5.21. The molecule has 2 heteroatoms. The number of rotatable bonds is 5. The minimum atomic E-state index is 0.280. The third kappa shape index (κ3) is 4.98. The molecule has 0 fully saturated rings. The fourth-order valence-electron chi connectivity index (χ4n) is 2.60. The number of nitrogens with one attached hydrogen (secondary N) is 1. The molecule has 0 aliphatic rings. The number of benzene rings is 1. The van der Waals surface area contributed by atoms with Crippen LogP contribution < -0.4 is 5.32 Å². The van der Waals surface area contributed by atoms with Gasteiger partial charge < -0.3 is 5.32 Å². The topological polar surface area (TPSA) is 24.9 Å². The molecule has 2 aromatic rings. The molecule has 21 heavy (non-hydrogen) atoms. The van der Waals surface area contributed by atoms with Crippen molar-refractivity contribution in [2.75, 3.05) is 0 Å². The van der Waals surface area contributed by atoms with E-state index < -0.39 is 0 Å². The summed E-state index contributed by atoms with van der Waals surface area (Å²) < 4.78 is 0. The quantitative estimate of drug-likeness (QED) is 0.843. The number of hydrogen-bond acceptors (Lipinski definition) is 2. The molecular formula is C19H26N2. The van der Waals surface area contributed by atoms with Crippen LogP contribution in [0.1, 0.15) is 57.3 Å². The van der Waals surface area contributed by atoms with Crippen molar-refractivity contribution in [3.63, 3.8) is 0 Å². The van der Waals surface area contributed by atoms with Crippen molar-refractivity contribution in [3.05, 3.63) is 66.0 Å². The fraction of sp³-hybridized carbons (Fsp3) is 0.421. The summed E-state index contributed by atoms with van der Waals surface area (Å²) >= 11 is 0. The van der Waals surface area contributed by atoms with Gasteiger partial charge in [-0.05, 0) is 36.0 Å². The van der Waals surface area contributed by atoms with Crippen molar-refractivity contribution in [1.29, 1.82) is 0 Å². The molecule has 112 valence electrons. The zero-order valence-electron chi connectivity index (χ0n) is 13.5. The fourth-order valence-corrected chi connectivity index (χ4v) is 2.60. The van der Waals surface area contributed by atoms with Crippen molar-refractivity contribution < 1.29 is 0 Å². The predicted octanol–water partition coefficient (Wildman–Crippen LogP) is 4.91. The Morgan fingerprint density at radius 1 is 1.00 bits per heavy atom. The molecule has 1 N–H and O–H groups in total. The highest BCUT2D eigenvalue weighted by Gasteiger charge is 2.22. The summed E-state index contributed by atoms with van der Waals surface area (Å²) in [6.45, 7) is 9.08. The Hall–Kier alpha value is -1.67. The molecule has 0 radical (unpaired) electrons. The van der Waals surface area contributed by atoms with Crippen molar-refractivity contribution in [2.45, 2.75) is 46.2 Å². The van der Waals surface area contributed by atoms with Gasteiger partial charge in [-0.2, -0.15) is 0 Å². The van der Waals surface area contributed by atoms with Crippen LogP contribution in [0, 0.1) is 5.41 Å². The largest absolute Gasteiger partial charge is 0.303 e. The summed E-state index contributed by atoms with van der Waals surface area (Å²) in [5.74, 6) is 0. The van der Waals surface area contributed by atoms with Crippen LogP contribution in [-0.2, 0) is 0 Å². The maximum absolute atomic E-state index is 4.22. The zero-order chi connectivity index (χ0) is 15.3. The Morgan fingerprint density at radius 2 is 1.67 bits per heavy atom. The van der Waals surface area contributed by atoms with E-state index in [1.807, 2.05) is 18.5 Å². The third-order valence-corrected chi connectivity index (χ3v) is 3.65. The highest BCUT2D eigenvalue weighted by atomic mass is 14.9. The molecule has 0 spiro atoms. The summed E-state index contributed by atoms with van der Waals surface area (Å²) in [6, 6.07) is 15.5. The minimum absolute atomic E-state index is 0.280. The van der Waals surface area contributed by atoms with E-state index in [1.54, 1.807) is 0 Å². The van der Waals surface area contributed by atoms with Gasteiger partial charge in [0.1, 0.15) is 0 Å². The molecule has 2 atom stereocenters. The van der Waals surface area contributed by atoms with E-state index in [9.17, 15) is 0 Å². The van der Waals surface area contributed by atoms with Crippen molar-refractivity contribution in [1.82, 2.24) is 10.3 Å². The summed E-state index contributed by atoms with van der Waals surface area (Å²) in [4.78, 5) is 4.22. The van der Waals surface area contributed by atoms with Crippen LogP contribution in [0.5, 0.6) is 0 Å². The van der Waals surface area contributed by atoms with Crippen LogP contribution in [0.25, 0.3) is 0 Å². The summed E-state index contributed by atoms with van der Waals surface area (Å²) in [6.07, 6.45) is 4.86. The van der Waals surface area contributed by atoms with Crippen molar-refractivity contribution >= 4 is 0 Å². The molecule has 0 amide bonds. The number of aromatic nitrogens is 1. The highest BCUT2D eigenvalue weighted by Crippen LogP contribution is 2.31. The SMILES string of the molecule is CC(NC(CC(C)(C)C)c1ccccc1)c1cccnc1. The lowest BCUT2D eigenvalue weighted by Crippen LogP contribution is -2.28. The molecule has 2 rings (SSSR count). The molecule has 1 heterocycles. The Labute approximate surface area is 128 Å². The minimum Gasteiger partial charge on any atom is -0.303 e. The molecule has 0 saturated heterocycles. The van der Waals surface area contributed by atoms with Gasteiger partial charge in [-0.3, -0.25) is 4.98 Å². The van der Waals surface area contributed by atoms with Crippen LogP contribution >= 0.6 is 0 Å².